The summed E-state index contributed by atoms with van der Waals surface area (Å²) in [6.45, 7) is 0. The molecule has 0 bridgehead atoms. The van der Waals surface area contributed by atoms with Crippen molar-refractivity contribution in [2.45, 2.75) is 0 Å². The molecule has 0 N–H and O–H groups in total. The molecule has 0 aliphatic rings. The Hall–Kier alpha value is -8.14. The van der Waals surface area contributed by atoms with E-state index in [4.69, 9.17) is 9.97 Å². The van der Waals surface area contributed by atoms with Gasteiger partial charge in [-0.25, -0.2) is 9.97 Å². The minimum atomic E-state index is 0.708. The average Bonchev–Trinajstić information content (AvgIpc) is 3.68. The zero-order chi connectivity index (χ0) is 40.3. The van der Waals surface area contributed by atoms with Gasteiger partial charge in [0.1, 0.15) is 0 Å². The molecule has 0 aliphatic carbocycles. The molecule has 0 spiro atoms. The van der Waals surface area contributed by atoms with Crippen LogP contribution in [0.1, 0.15) is 0 Å². The van der Waals surface area contributed by atoms with Gasteiger partial charge in [-0.1, -0.05) is 188 Å². The second kappa shape index (κ2) is 14.3. The van der Waals surface area contributed by atoms with Crippen molar-refractivity contribution in [1.29, 1.82) is 0 Å². The largest absolute Gasteiger partial charge is 0.309 e. The third kappa shape index (κ3) is 5.90. The highest BCUT2D eigenvalue weighted by atomic mass is 15.0. The summed E-state index contributed by atoms with van der Waals surface area (Å²) in [5.74, 6) is 0.708. The van der Waals surface area contributed by atoms with Crippen molar-refractivity contribution in [2.24, 2.45) is 0 Å². The van der Waals surface area contributed by atoms with E-state index in [1.54, 1.807) is 0 Å². The summed E-state index contributed by atoms with van der Waals surface area (Å²) in [6.07, 6.45) is 0. The van der Waals surface area contributed by atoms with Crippen LogP contribution in [0, 0.1) is 0 Å². The second-order valence-electron chi connectivity index (χ2n) is 15.7. The predicted octanol–water partition coefficient (Wildman–Crippen LogP) is 15.4. The lowest BCUT2D eigenvalue weighted by atomic mass is 9.88. The number of benzene rings is 10. The Morgan fingerprint density at radius 3 is 1.52 bits per heavy atom. The number of fused-ring (bicyclic) bond motifs is 9. The van der Waals surface area contributed by atoms with Crippen molar-refractivity contribution in [2.75, 3.05) is 0 Å². The van der Waals surface area contributed by atoms with Crippen molar-refractivity contribution < 1.29 is 0 Å². The Morgan fingerprint density at radius 2 is 0.787 bits per heavy atom. The van der Waals surface area contributed by atoms with E-state index in [1.165, 1.54) is 76.4 Å². The first-order valence-corrected chi connectivity index (χ1v) is 20.8. The van der Waals surface area contributed by atoms with Crippen molar-refractivity contribution in [3.05, 3.63) is 224 Å². The zero-order valence-corrected chi connectivity index (χ0v) is 33.2. The SMILES string of the molecule is c1ccc(-c2ccc(-n3c4ccccc4c4ccc(-c5cccc6c7ccccc7c7ccc(-c8cc(-c9ccccc9)nc(-c9ccccc9)n8)cc7c56)cc43)cc2)cc1. The van der Waals surface area contributed by atoms with Crippen LogP contribution in [0.4, 0.5) is 0 Å². The molecule has 12 rings (SSSR count). The molecule has 3 heteroatoms. The van der Waals surface area contributed by atoms with E-state index in [0.717, 1.165) is 33.8 Å². The Balaban J connectivity index is 1.09. The van der Waals surface area contributed by atoms with Crippen LogP contribution in [0.15, 0.2) is 224 Å². The standard InChI is InChI=1S/C58H37N3/c1-4-15-38(16-5-1)39-27-31-44(32-28-39)61-55-26-13-12-23-49(55)50-34-29-42(36-56(50)61)45-24-14-25-51-47-22-11-10-21-46(47)48-33-30-43(35-52(48)57(45)51)54-37-53(40-17-6-2-7-18-40)59-58(60-54)41-19-8-3-9-20-41/h1-37H. The normalized spacial score (nSPS) is 11.6. The van der Waals surface area contributed by atoms with Crippen molar-refractivity contribution >= 4 is 54.1 Å². The van der Waals surface area contributed by atoms with Gasteiger partial charge < -0.3 is 4.57 Å². The minimum Gasteiger partial charge on any atom is -0.309 e. The molecule has 0 radical (unpaired) electrons. The molecular weight excluding hydrogens is 739 g/mol. The Bertz CT molecular complexity index is 3550. The predicted molar refractivity (Wildman–Crippen MR) is 256 cm³/mol. The number of aromatic nitrogens is 3. The van der Waals surface area contributed by atoms with Crippen molar-refractivity contribution in [3.63, 3.8) is 0 Å². The summed E-state index contributed by atoms with van der Waals surface area (Å²) in [5, 5.41) is 9.82. The van der Waals surface area contributed by atoms with Gasteiger partial charge in [0.15, 0.2) is 5.82 Å². The maximum Gasteiger partial charge on any atom is 0.160 e. The van der Waals surface area contributed by atoms with E-state index in [-0.39, 0.29) is 0 Å². The molecule has 2 heterocycles. The number of hydrogen-bond acceptors (Lipinski definition) is 2. The van der Waals surface area contributed by atoms with E-state index >= 15 is 0 Å². The fourth-order valence-electron chi connectivity index (χ4n) is 9.32. The molecule has 284 valence electrons. The Kier molecular flexibility index (Phi) is 8.17. The summed E-state index contributed by atoms with van der Waals surface area (Å²) in [6, 6.07) is 80.6. The van der Waals surface area contributed by atoms with Gasteiger partial charge >= 0.3 is 0 Å². The van der Waals surface area contributed by atoms with Crippen LogP contribution in [0.5, 0.6) is 0 Å². The van der Waals surface area contributed by atoms with Gasteiger partial charge in [-0.15, -0.1) is 0 Å². The summed E-state index contributed by atoms with van der Waals surface area (Å²) >= 11 is 0. The van der Waals surface area contributed by atoms with Gasteiger partial charge in [0, 0.05) is 33.2 Å². The maximum atomic E-state index is 5.23. The van der Waals surface area contributed by atoms with Gasteiger partial charge in [-0.05, 0) is 91.0 Å². The fraction of sp³-hybridized carbons (Fsp3) is 0. The van der Waals surface area contributed by atoms with E-state index in [0.29, 0.717) is 5.82 Å². The number of nitrogens with zero attached hydrogens (tertiary/aromatic N) is 3. The van der Waals surface area contributed by atoms with Crippen LogP contribution in [0.3, 0.4) is 0 Å². The first-order chi connectivity index (χ1) is 30.2. The third-order valence-corrected chi connectivity index (χ3v) is 12.2. The highest BCUT2D eigenvalue weighted by Crippen LogP contribution is 2.43. The highest BCUT2D eigenvalue weighted by molar-refractivity contribution is 6.29. The molecule has 0 saturated carbocycles. The van der Waals surface area contributed by atoms with Crippen LogP contribution >= 0.6 is 0 Å². The molecule has 0 fully saturated rings. The third-order valence-electron chi connectivity index (χ3n) is 12.2. The van der Waals surface area contributed by atoms with Crippen molar-refractivity contribution in [3.8, 4) is 61.8 Å². The molecular formula is C58H37N3. The van der Waals surface area contributed by atoms with Crippen molar-refractivity contribution in [1.82, 2.24) is 14.5 Å². The van der Waals surface area contributed by atoms with Crippen LogP contribution in [0.2, 0.25) is 0 Å². The lowest BCUT2D eigenvalue weighted by Crippen LogP contribution is -1.96. The average molecular weight is 776 g/mol. The highest BCUT2D eigenvalue weighted by Gasteiger charge is 2.18. The molecule has 10 aromatic carbocycles. The molecule has 0 aliphatic heterocycles. The van der Waals surface area contributed by atoms with E-state index in [9.17, 15) is 0 Å². The molecule has 2 aromatic heterocycles. The lowest BCUT2D eigenvalue weighted by Gasteiger charge is -2.16. The molecule has 12 aromatic rings. The second-order valence-corrected chi connectivity index (χ2v) is 15.7. The first-order valence-electron chi connectivity index (χ1n) is 20.8. The summed E-state index contributed by atoms with van der Waals surface area (Å²) < 4.78 is 2.42. The minimum absolute atomic E-state index is 0.708. The summed E-state index contributed by atoms with van der Waals surface area (Å²) in [5.41, 5.74) is 13.2. The number of hydrogen-bond donors (Lipinski definition) is 0. The van der Waals surface area contributed by atoms with Gasteiger partial charge in [0.2, 0.25) is 0 Å². The Labute approximate surface area is 353 Å². The van der Waals surface area contributed by atoms with Crippen LogP contribution < -0.4 is 0 Å². The topological polar surface area (TPSA) is 30.7 Å². The molecule has 3 nitrogen and oxygen atoms in total. The van der Waals surface area contributed by atoms with Crippen LogP contribution in [0.25, 0.3) is 116 Å². The van der Waals surface area contributed by atoms with Gasteiger partial charge in [0.25, 0.3) is 0 Å². The lowest BCUT2D eigenvalue weighted by molar-refractivity contribution is 1.18. The zero-order valence-electron chi connectivity index (χ0n) is 33.2. The van der Waals surface area contributed by atoms with Gasteiger partial charge in [-0.2, -0.15) is 0 Å². The summed E-state index contributed by atoms with van der Waals surface area (Å²) in [7, 11) is 0. The van der Waals surface area contributed by atoms with E-state index in [1.807, 2.05) is 24.3 Å². The quantitative estimate of drug-likeness (QED) is 0.158. The van der Waals surface area contributed by atoms with E-state index in [2.05, 4.69) is 205 Å². The fourth-order valence-corrected chi connectivity index (χ4v) is 9.32. The van der Waals surface area contributed by atoms with Gasteiger partial charge in [-0.3, -0.25) is 0 Å². The number of rotatable bonds is 6. The summed E-state index contributed by atoms with van der Waals surface area (Å²) in [4.78, 5) is 10.3. The van der Waals surface area contributed by atoms with Crippen LogP contribution in [-0.4, -0.2) is 14.5 Å². The molecule has 0 unspecified atom stereocenters. The molecule has 61 heavy (non-hydrogen) atoms. The molecule has 0 saturated heterocycles. The maximum absolute atomic E-state index is 5.23. The van der Waals surface area contributed by atoms with Gasteiger partial charge in [0.05, 0.1) is 22.4 Å². The first kappa shape index (κ1) is 34.9. The smallest absolute Gasteiger partial charge is 0.160 e. The monoisotopic (exact) mass is 775 g/mol. The number of para-hydroxylation sites is 1. The van der Waals surface area contributed by atoms with E-state index < -0.39 is 0 Å². The molecule has 0 atom stereocenters. The van der Waals surface area contributed by atoms with Crippen LogP contribution in [-0.2, 0) is 0 Å². The molecule has 0 amide bonds. The Morgan fingerprint density at radius 1 is 0.279 bits per heavy atom.